The third-order valence-electron chi connectivity index (χ3n) is 7.23. The van der Waals surface area contributed by atoms with Gasteiger partial charge >= 0.3 is 0 Å². The SMILES string of the molecule is CC1CN[C@@H](C)CN1/C(=N\C1CCCCC1)Nc1ccc(C(CC(N)=O)c2ccc(Cl)cc2Cl)cc1. The van der Waals surface area contributed by atoms with Crippen LogP contribution < -0.4 is 16.4 Å². The first-order valence-electron chi connectivity index (χ1n) is 13.0. The van der Waals surface area contributed by atoms with Crippen molar-refractivity contribution in [2.45, 2.75) is 76.4 Å². The molecule has 194 valence electrons. The molecule has 6 nitrogen and oxygen atoms in total. The number of guanidine groups is 1. The molecule has 1 saturated carbocycles. The Hall–Kier alpha value is -2.28. The predicted molar refractivity (Wildman–Crippen MR) is 150 cm³/mol. The highest BCUT2D eigenvalue weighted by atomic mass is 35.5. The number of halogens is 2. The highest BCUT2D eigenvalue weighted by molar-refractivity contribution is 6.35. The van der Waals surface area contributed by atoms with E-state index in [0.29, 0.717) is 28.2 Å². The quantitative estimate of drug-likeness (QED) is 0.327. The lowest BCUT2D eigenvalue weighted by Crippen LogP contribution is -2.58. The van der Waals surface area contributed by atoms with Crippen LogP contribution in [0.25, 0.3) is 0 Å². The Morgan fingerprint density at radius 3 is 2.53 bits per heavy atom. The Labute approximate surface area is 224 Å². The van der Waals surface area contributed by atoms with E-state index < -0.39 is 0 Å². The summed E-state index contributed by atoms with van der Waals surface area (Å²) in [4.78, 5) is 19.5. The molecule has 2 aromatic carbocycles. The molecule has 1 amide bonds. The van der Waals surface area contributed by atoms with Gasteiger partial charge in [0.15, 0.2) is 5.96 Å². The smallest absolute Gasteiger partial charge is 0.218 e. The maximum atomic E-state index is 11.9. The fraction of sp³-hybridized carbons (Fsp3) is 0.500. The molecule has 2 aliphatic rings. The summed E-state index contributed by atoms with van der Waals surface area (Å²) in [7, 11) is 0. The minimum absolute atomic E-state index is 0.165. The molecule has 3 atom stereocenters. The zero-order chi connectivity index (χ0) is 25.7. The minimum Gasteiger partial charge on any atom is -0.370 e. The summed E-state index contributed by atoms with van der Waals surface area (Å²) in [6, 6.07) is 14.6. The molecule has 8 heteroatoms. The van der Waals surface area contributed by atoms with E-state index in [1.54, 1.807) is 12.1 Å². The van der Waals surface area contributed by atoms with Crippen molar-refractivity contribution < 1.29 is 4.79 Å². The molecule has 0 radical (unpaired) electrons. The van der Waals surface area contributed by atoms with E-state index in [9.17, 15) is 4.79 Å². The number of aliphatic imine (C=N–C) groups is 1. The molecule has 2 fully saturated rings. The third-order valence-corrected chi connectivity index (χ3v) is 7.79. The molecule has 2 aromatic rings. The van der Waals surface area contributed by atoms with E-state index in [2.05, 4.69) is 29.4 Å². The van der Waals surface area contributed by atoms with Crippen molar-refractivity contribution in [2.24, 2.45) is 10.7 Å². The fourth-order valence-electron chi connectivity index (χ4n) is 5.20. The van der Waals surface area contributed by atoms with Gasteiger partial charge in [-0.25, -0.2) is 4.99 Å². The molecule has 0 spiro atoms. The second-order valence-electron chi connectivity index (χ2n) is 10.2. The third kappa shape index (κ3) is 6.93. The number of carbonyl (C=O) groups is 1. The van der Waals surface area contributed by atoms with Gasteiger partial charge in [-0.2, -0.15) is 0 Å². The van der Waals surface area contributed by atoms with Crippen LogP contribution in [0.2, 0.25) is 10.0 Å². The van der Waals surface area contributed by atoms with E-state index in [0.717, 1.165) is 48.7 Å². The predicted octanol–water partition coefficient (Wildman–Crippen LogP) is 5.78. The molecule has 1 aliphatic carbocycles. The molecular formula is C28H37Cl2N5O. The number of amides is 1. The van der Waals surface area contributed by atoms with Crippen LogP contribution in [0.15, 0.2) is 47.5 Å². The van der Waals surface area contributed by atoms with Gasteiger partial charge in [0.2, 0.25) is 5.91 Å². The number of nitrogens with two attached hydrogens (primary N) is 1. The second kappa shape index (κ2) is 12.3. The zero-order valence-corrected chi connectivity index (χ0v) is 22.7. The number of nitrogens with zero attached hydrogens (tertiary/aromatic N) is 2. The van der Waals surface area contributed by atoms with Crippen molar-refractivity contribution in [3.8, 4) is 0 Å². The molecular weight excluding hydrogens is 493 g/mol. The van der Waals surface area contributed by atoms with Crippen molar-refractivity contribution >= 4 is 40.8 Å². The maximum absolute atomic E-state index is 11.9. The molecule has 36 heavy (non-hydrogen) atoms. The first-order chi connectivity index (χ1) is 17.3. The van der Waals surface area contributed by atoms with Crippen molar-refractivity contribution in [2.75, 3.05) is 18.4 Å². The van der Waals surface area contributed by atoms with Crippen molar-refractivity contribution in [3.05, 3.63) is 63.6 Å². The molecule has 1 saturated heterocycles. The molecule has 4 rings (SSSR count). The van der Waals surface area contributed by atoms with E-state index in [1.807, 2.05) is 30.3 Å². The summed E-state index contributed by atoms with van der Waals surface area (Å²) in [5.74, 6) is 0.326. The summed E-state index contributed by atoms with van der Waals surface area (Å²) >= 11 is 12.6. The van der Waals surface area contributed by atoms with Crippen LogP contribution in [0.4, 0.5) is 5.69 Å². The lowest BCUT2D eigenvalue weighted by molar-refractivity contribution is -0.118. The Kier molecular flexibility index (Phi) is 9.15. The lowest BCUT2D eigenvalue weighted by Gasteiger charge is -2.40. The van der Waals surface area contributed by atoms with Gasteiger partial charge < -0.3 is 21.3 Å². The minimum atomic E-state index is -0.378. The number of hydrogen-bond donors (Lipinski definition) is 3. The Morgan fingerprint density at radius 1 is 1.14 bits per heavy atom. The Morgan fingerprint density at radius 2 is 1.86 bits per heavy atom. The van der Waals surface area contributed by atoms with Gasteiger partial charge in [-0.1, -0.05) is 60.7 Å². The normalized spacial score (nSPS) is 22.3. The van der Waals surface area contributed by atoms with Crippen molar-refractivity contribution in [3.63, 3.8) is 0 Å². The summed E-state index contributed by atoms with van der Waals surface area (Å²) in [5.41, 5.74) is 8.36. The number of hydrogen-bond acceptors (Lipinski definition) is 3. The summed E-state index contributed by atoms with van der Waals surface area (Å²) in [5, 5.41) is 8.27. The maximum Gasteiger partial charge on any atom is 0.218 e. The second-order valence-corrected chi connectivity index (χ2v) is 11.0. The van der Waals surface area contributed by atoms with E-state index >= 15 is 0 Å². The number of rotatable bonds is 6. The summed E-state index contributed by atoms with van der Waals surface area (Å²) in [6.45, 7) is 6.30. The van der Waals surface area contributed by atoms with Crippen LogP contribution in [0.5, 0.6) is 0 Å². The van der Waals surface area contributed by atoms with Gasteiger partial charge in [-0.3, -0.25) is 4.79 Å². The van der Waals surface area contributed by atoms with Crippen LogP contribution in [-0.4, -0.2) is 48.0 Å². The van der Waals surface area contributed by atoms with Crippen molar-refractivity contribution in [1.29, 1.82) is 0 Å². The van der Waals surface area contributed by atoms with Gasteiger partial charge in [0, 0.05) is 53.2 Å². The van der Waals surface area contributed by atoms with E-state index in [-0.39, 0.29) is 18.2 Å². The Balaban J connectivity index is 1.59. The first kappa shape index (κ1) is 26.8. The molecule has 0 bridgehead atoms. The molecule has 1 aliphatic heterocycles. The van der Waals surface area contributed by atoms with Crippen LogP contribution in [0.3, 0.4) is 0 Å². The van der Waals surface area contributed by atoms with E-state index in [1.165, 1.54) is 19.3 Å². The van der Waals surface area contributed by atoms with Gasteiger partial charge in [0.25, 0.3) is 0 Å². The number of anilines is 1. The van der Waals surface area contributed by atoms with Crippen LogP contribution in [-0.2, 0) is 4.79 Å². The highest BCUT2D eigenvalue weighted by Crippen LogP contribution is 2.35. The molecule has 0 aromatic heterocycles. The number of carbonyl (C=O) groups excluding carboxylic acids is 1. The van der Waals surface area contributed by atoms with Gasteiger partial charge in [-0.05, 0) is 62.1 Å². The highest BCUT2D eigenvalue weighted by Gasteiger charge is 2.27. The first-order valence-corrected chi connectivity index (χ1v) is 13.7. The fourth-order valence-corrected chi connectivity index (χ4v) is 5.74. The van der Waals surface area contributed by atoms with Crippen LogP contribution in [0.1, 0.15) is 69.4 Å². The Bertz CT molecular complexity index is 1070. The zero-order valence-electron chi connectivity index (χ0n) is 21.1. The molecule has 4 N–H and O–H groups in total. The van der Waals surface area contributed by atoms with Gasteiger partial charge in [-0.15, -0.1) is 0 Å². The van der Waals surface area contributed by atoms with Crippen molar-refractivity contribution in [1.82, 2.24) is 10.2 Å². The lowest BCUT2D eigenvalue weighted by atomic mass is 9.88. The number of nitrogens with one attached hydrogen (secondary N) is 2. The summed E-state index contributed by atoms with van der Waals surface area (Å²) in [6.07, 6.45) is 6.27. The van der Waals surface area contributed by atoms with E-state index in [4.69, 9.17) is 33.9 Å². The van der Waals surface area contributed by atoms with Gasteiger partial charge in [0.05, 0.1) is 6.04 Å². The number of piperazine rings is 1. The molecule has 1 heterocycles. The van der Waals surface area contributed by atoms with Crippen LogP contribution >= 0.6 is 23.2 Å². The largest absolute Gasteiger partial charge is 0.370 e. The monoisotopic (exact) mass is 529 g/mol. The molecule has 2 unspecified atom stereocenters. The topological polar surface area (TPSA) is 82.8 Å². The average Bonchev–Trinajstić information content (AvgIpc) is 2.85. The standard InChI is InChI=1S/C28H37Cl2N5O/c1-18-17-35(19(2)16-32-18)28(33-22-6-4-3-5-7-22)34-23-11-8-20(9-12-23)25(15-27(31)36)24-13-10-21(29)14-26(24)30/h8-14,18-19,22,25,32H,3-7,15-17H2,1-2H3,(H2,31,36)(H,33,34)/t18-,19?,25?/m0/s1. The summed E-state index contributed by atoms with van der Waals surface area (Å²) < 4.78 is 0. The number of benzene rings is 2. The number of primary amides is 1. The van der Waals surface area contributed by atoms with Gasteiger partial charge in [0.1, 0.15) is 0 Å². The average molecular weight is 531 g/mol. The van der Waals surface area contributed by atoms with Crippen LogP contribution in [0, 0.1) is 0 Å².